The Morgan fingerprint density at radius 3 is 2.32 bits per heavy atom. The van der Waals surface area contributed by atoms with E-state index in [0.717, 1.165) is 25.7 Å². The third-order valence-corrected chi connectivity index (χ3v) is 11.2. The minimum Gasteiger partial charge on any atom is -0.480 e. The van der Waals surface area contributed by atoms with E-state index in [0.29, 0.717) is 0 Å². The second-order valence-electron chi connectivity index (χ2n) is 7.89. The first kappa shape index (κ1) is 18.5. The van der Waals surface area contributed by atoms with Gasteiger partial charge in [-0.3, -0.25) is 9.59 Å². The molecule has 0 aromatic heterocycles. The number of fused-ring (bicyclic) bond motifs is 1. The van der Waals surface area contributed by atoms with Crippen LogP contribution in [0.25, 0.3) is 0 Å². The summed E-state index contributed by atoms with van der Waals surface area (Å²) in [5, 5.41) is 19.4. The number of amides is 2. The van der Waals surface area contributed by atoms with Crippen molar-refractivity contribution in [3.05, 3.63) is 0 Å². The van der Waals surface area contributed by atoms with Gasteiger partial charge in [-0.2, -0.15) is 0 Å². The second-order valence-corrected chi connectivity index (χ2v) is 11.7. The number of nitrogens with zero attached hydrogens (tertiary/aromatic N) is 2. The summed E-state index contributed by atoms with van der Waals surface area (Å²) in [6.07, 6.45) is 5.39. The summed E-state index contributed by atoms with van der Waals surface area (Å²) < 4.78 is -0.968. The predicted molar refractivity (Wildman–Crippen MR) is 95.5 cm³/mol. The lowest BCUT2D eigenvalue weighted by Crippen LogP contribution is -2.57. The van der Waals surface area contributed by atoms with Crippen LogP contribution in [0.15, 0.2) is 0 Å². The number of carbonyl (C=O) groups excluding carboxylic acids is 2. The van der Waals surface area contributed by atoms with E-state index in [1.807, 2.05) is 0 Å². The van der Waals surface area contributed by atoms with Gasteiger partial charge in [0.2, 0.25) is 5.91 Å². The summed E-state index contributed by atoms with van der Waals surface area (Å²) in [7, 11) is -0.630. The molecular weight excluding hydrogens is 344 g/mol. The Morgan fingerprint density at radius 2 is 1.88 bits per heavy atom. The van der Waals surface area contributed by atoms with Crippen LogP contribution in [-0.2, 0) is 9.59 Å². The van der Waals surface area contributed by atoms with Crippen molar-refractivity contribution in [2.24, 2.45) is 0 Å². The fourth-order valence-electron chi connectivity index (χ4n) is 4.87. The monoisotopic (exact) mass is 372 g/mol. The Bertz CT molecular complexity index is 604. The first-order chi connectivity index (χ1) is 11.7. The molecule has 3 aliphatic rings. The summed E-state index contributed by atoms with van der Waals surface area (Å²) in [4.78, 5) is 40.6. The second kappa shape index (κ2) is 6.16. The molecule has 0 aromatic rings. The summed E-state index contributed by atoms with van der Waals surface area (Å²) in [5.74, 6) is -1.70. The quantitative estimate of drug-likeness (QED) is 0.738. The van der Waals surface area contributed by atoms with E-state index in [1.54, 1.807) is 25.8 Å². The van der Waals surface area contributed by atoms with Gasteiger partial charge in [-0.25, -0.2) is 4.79 Å². The Kier molecular flexibility index (Phi) is 4.56. The summed E-state index contributed by atoms with van der Waals surface area (Å²) >= 11 is 0. The van der Waals surface area contributed by atoms with Crippen molar-refractivity contribution in [3.63, 3.8) is 0 Å². The maximum absolute atomic E-state index is 13.5. The molecule has 8 heteroatoms. The van der Waals surface area contributed by atoms with Crippen LogP contribution < -0.4 is 0 Å². The summed E-state index contributed by atoms with van der Waals surface area (Å²) in [6, 6.07) is -0.911. The molecule has 2 amide bonds. The Hall–Kier alpha value is -1.28. The molecule has 3 rings (SSSR count). The van der Waals surface area contributed by atoms with Gasteiger partial charge >= 0.3 is 5.97 Å². The van der Waals surface area contributed by atoms with E-state index >= 15 is 0 Å². The number of β-lactam (4-membered cyclic amide) rings is 1. The van der Waals surface area contributed by atoms with Gasteiger partial charge in [-0.15, -0.1) is 10.0 Å². The molecule has 142 valence electrons. The smallest absolute Gasteiger partial charge is 0.327 e. The molecule has 0 aromatic carbocycles. The Labute approximate surface area is 149 Å². The molecule has 1 unspecified atom stereocenters. The summed E-state index contributed by atoms with van der Waals surface area (Å²) in [6.45, 7) is 3.46. The van der Waals surface area contributed by atoms with Gasteiger partial charge in [0.25, 0.3) is 5.24 Å². The van der Waals surface area contributed by atoms with Crippen LogP contribution in [-0.4, -0.2) is 72.3 Å². The number of carbonyl (C=O) groups is 3. The number of aliphatic carboxylic acids is 1. The van der Waals surface area contributed by atoms with Crippen LogP contribution in [0.2, 0.25) is 0 Å². The SMILES string of the molecule is CN(C(=O)S1(CO)[C@@H]2CC(=O)N2[C@@H](C(=O)O)C1(C)C)C1CCCCC1. The molecule has 2 aliphatic heterocycles. The standard InChI is InChI=1S/C17H28N2O5S/c1-17(2)14(15(22)23)19-12(21)9-13(19)25(17,10-20)16(24)18(3)11-7-5-4-6-8-11/h11,13-14,20H,4-10H2,1-3H3,(H,22,23)/t13-,14+/m1/s1. The Balaban J connectivity index is 1.99. The lowest BCUT2D eigenvalue weighted by atomic mass is 9.95. The number of rotatable bonds is 3. The molecule has 0 spiro atoms. The molecule has 2 heterocycles. The molecule has 1 saturated carbocycles. The normalized spacial score (nSPS) is 37.0. The maximum Gasteiger partial charge on any atom is 0.327 e. The average Bonchev–Trinajstić information content (AvgIpc) is 2.75. The van der Waals surface area contributed by atoms with Crippen LogP contribution in [0.5, 0.6) is 0 Å². The van der Waals surface area contributed by atoms with E-state index in [4.69, 9.17) is 0 Å². The molecule has 0 radical (unpaired) electrons. The largest absolute Gasteiger partial charge is 0.480 e. The third-order valence-electron chi connectivity index (χ3n) is 6.45. The number of carboxylic acid groups (broad SMARTS) is 1. The van der Waals surface area contributed by atoms with Crippen molar-refractivity contribution in [3.8, 4) is 0 Å². The van der Waals surface area contributed by atoms with E-state index in [2.05, 4.69) is 0 Å². The highest BCUT2D eigenvalue weighted by atomic mass is 32.3. The Morgan fingerprint density at radius 1 is 1.28 bits per heavy atom. The fourth-order valence-corrected chi connectivity index (χ4v) is 9.20. The summed E-state index contributed by atoms with van der Waals surface area (Å²) in [5.41, 5.74) is 0. The molecule has 7 nitrogen and oxygen atoms in total. The first-order valence-corrected chi connectivity index (χ1v) is 10.8. The minimum atomic E-state index is -2.41. The van der Waals surface area contributed by atoms with E-state index in [1.165, 1.54) is 11.3 Å². The van der Waals surface area contributed by atoms with Gasteiger partial charge in [0, 0.05) is 17.8 Å². The average molecular weight is 372 g/mol. The highest BCUT2D eigenvalue weighted by molar-refractivity contribution is 8.46. The van der Waals surface area contributed by atoms with Crippen LogP contribution in [0.4, 0.5) is 4.79 Å². The van der Waals surface area contributed by atoms with Crippen molar-refractivity contribution in [2.75, 3.05) is 13.0 Å². The van der Waals surface area contributed by atoms with Crippen LogP contribution in [0.1, 0.15) is 52.4 Å². The maximum atomic E-state index is 13.5. The van der Waals surface area contributed by atoms with Crippen molar-refractivity contribution in [1.82, 2.24) is 9.80 Å². The van der Waals surface area contributed by atoms with E-state index < -0.39 is 32.2 Å². The molecule has 25 heavy (non-hydrogen) atoms. The topological polar surface area (TPSA) is 98.2 Å². The molecule has 2 N–H and O–H groups in total. The predicted octanol–water partition coefficient (Wildman–Crippen LogP) is 1.93. The molecule has 2 saturated heterocycles. The highest BCUT2D eigenvalue weighted by Gasteiger charge is 2.72. The van der Waals surface area contributed by atoms with Gasteiger partial charge in [-0.1, -0.05) is 19.3 Å². The van der Waals surface area contributed by atoms with Gasteiger partial charge in [0.05, 0.1) is 17.7 Å². The van der Waals surface area contributed by atoms with Crippen molar-refractivity contribution < 1.29 is 24.6 Å². The van der Waals surface area contributed by atoms with E-state index in [9.17, 15) is 24.6 Å². The third kappa shape index (κ3) is 2.33. The first-order valence-electron chi connectivity index (χ1n) is 8.91. The van der Waals surface area contributed by atoms with Gasteiger partial charge in [-0.05, 0) is 26.7 Å². The number of aliphatic hydroxyl groups is 1. The van der Waals surface area contributed by atoms with Crippen molar-refractivity contribution in [1.29, 1.82) is 0 Å². The van der Waals surface area contributed by atoms with E-state index in [-0.39, 0.29) is 29.5 Å². The zero-order valence-electron chi connectivity index (χ0n) is 15.1. The highest BCUT2D eigenvalue weighted by Crippen LogP contribution is 2.74. The van der Waals surface area contributed by atoms with Crippen LogP contribution >= 0.6 is 10.0 Å². The van der Waals surface area contributed by atoms with Gasteiger partial charge < -0.3 is 20.0 Å². The van der Waals surface area contributed by atoms with Gasteiger partial charge in [0.1, 0.15) is 6.04 Å². The molecule has 0 bridgehead atoms. The number of carboxylic acids is 1. The van der Waals surface area contributed by atoms with Crippen molar-refractivity contribution in [2.45, 2.75) is 74.6 Å². The molecule has 3 atom stereocenters. The molecule has 3 fully saturated rings. The zero-order chi connectivity index (χ0) is 18.6. The minimum absolute atomic E-state index is 0.140. The molecule has 1 aliphatic carbocycles. The zero-order valence-corrected chi connectivity index (χ0v) is 15.9. The lowest BCUT2D eigenvalue weighted by molar-refractivity contribution is -0.157. The molecular formula is C17H28N2O5S. The van der Waals surface area contributed by atoms with Crippen molar-refractivity contribution >= 4 is 27.1 Å². The number of aliphatic hydroxyl groups excluding tert-OH is 1. The van der Waals surface area contributed by atoms with Crippen LogP contribution in [0, 0.1) is 0 Å². The van der Waals surface area contributed by atoms with Gasteiger partial charge in [0.15, 0.2) is 0 Å². The van der Waals surface area contributed by atoms with Crippen LogP contribution in [0.3, 0.4) is 0 Å². The lowest BCUT2D eigenvalue weighted by Gasteiger charge is -2.51. The number of hydrogen-bond donors (Lipinski definition) is 2. The number of hydrogen-bond acceptors (Lipinski definition) is 4. The fraction of sp³-hybridized carbons (Fsp3) is 0.824.